The fourth-order valence-corrected chi connectivity index (χ4v) is 3.03. The molecule has 1 aromatic heterocycles. The highest BCUT2D eigenvalue weighted by atomic mass is 32.1. The molecule has 3 nitrogen and oxygen atoms in total. The molecule has 0 aliphatic rings. The predicted molar refractivity (Wildman–Crippen MR) is 83.7 cm³/mol. The quantitative estimate of drug-likeness (QED) is 0.754. The summed E-state index contributed by atoms with van der Waals surface area (Å²) in [5.41, 5.74) is 0. The van der Waals surface area contributed by atoms with Crippen LogP contribution in [0.5, 0.6) is 0 Å². The highest BCUT2D eigenvalue weighted by molar-refractivity contribution is 7.11. The Balaban J connectivity index is 2.51. The normalized spacial score (nSPS) is 13.4. The monoisotopic (exact) mass is 284 g/mol. The zero-order chi connectivity index (χ0) is 14.3. The molecule has 1 atom stereocenters. The standard InChI is InChI=1S/C15H28N2OS/c1-6-17(13(4)11-18-5)10-15-8-7-14(19-15)9-16-12(2)3/h7-8,12-13,16H,6,9-11H2,1-5H3. The van der Waals surface area contributed by atoms with Gasteiger partial charge in [-0.25, -0.2) is 0 Å². The molecule has 1 unspecified atom stereocenters. The molecule has 110 valence electrons. The number of methoxy groups -OCH3 is 1. The van der Waals surface area contributed by atoms with Gasteiger partial charge in [0.05, 0.1) is 6.61 Å². The SMILES string of the molecule is CCN(Cc1ccc(CNC(C)C)s1)C(C)COC. The molecule has 0 bridgehead atoms. The zero-order valence-corrected chi connectivity index (χ0v) is 13.7. The van der Waals surface area contributed by atoms with Crippen LogP contribution in [0.1, 0.15) is 37.4 Å². The number of hydrogen-bond acceptors (Lipinski definition) is 4. The maximum Gasteiger partial charge on any atom is 0.0615 e. The third-order valence-electron chi connectivity index (χ3n) is 3.20. The van der Waals surface area contributed by atoms with Crippen LogP contribution < -0.4 is 5.32 Å². The number of rotatable bonds is 9. The third kappa shape index (κ3) is 6.04. The van der Waals surface area contributed by atoms with Crippen LogP contribution in [0.2, 0.25) is 0 Å². The van der Waals surface area contributed by atoms with E-state index in [1.165, 1.54) is 9.75 Å². The van der Waals surface area contributed by atoms with E-state index >= 15 is 0 Å². The van der Waals surface area contributed by atoms with Gasteiger partial charge in [-0.15, -0.1) is 11.3 Å². The first kappa shape index (κ1) is 16.6. The third-order valence-corrected chi connectivity index (χ3v) is 4.27. The lowest BCUT2D eigenvalue weighted by Gasteiger charge is -2.26. The molecule has 0 saturated carbocycles. The lowest BCUT2D eigenvalue weighted by atomic mass is 10.3. The highest BCUT2D eigenvalue weighted by Crippen LogP contribution is 2.19. The molecule has 0 amide bonds. The van der Waals surface area contributed by atoms with Crippen LogP contribution in [0.15, 0.2) is 12.1 Å². The molecule has 0 spiro atoms. The van der Waals surface area contributed by atoms with Crippen LogP contribution in [0.3, 0.4) is 0 Å². The van der Waals surface area contributed by atoms with Crippen LogP contribution in [0, 0.1) is 0 Å². The largest absolute Gasteiger partial charge is 0.383 e. The van der Waals surface area contributed by atoms with Crippen molar-refractivity contribution in [3.05, 3.63) is 21.9 Å². The van der Waals surface area contributed by atoms with Crippen LogP contribution >= 0.6 is 11.3 Å². The second-order valence-electron chi connectivity index (χ2n) is 5.27. The second-order valence-corrected chi connectivity index (χ2v) is 6.52. The van der Waals surface area contributed by atoms with Gasteiger partial charge in [0.25, 0.3) is 0 Å². The van der Waals surface area contributed by atoms with Gasteiger partial charge in [0.1, 0.15) is 0 Å². The minimum Gasteiger partial charge on any atom is -0.383 e. The summed E-state index contributed by atoms with van der Waals surface area (Å²) >= 11 is 1.91. The van der Waals surface area contributed by atoms with Crippen molar-refractivity contribution >= 4 is 11.3 Å². The summed E-state index contributed by atoms with van der Waals surface area (Å²) < 4.78 is 5.25. The molecule has 1 N–H and O–H groups in total. The Hall–Kier alpha value is -0.420. The zero-order valence-electron chi connectivity index (χ0n) is 12.9. The first-order chi connectivity index (χ1) is 9.06. The predicted octanol–water partition coefficient (Wildman–Crippen LogP) is 3.10. The van der Waals surface area contributed by atoms with E-state index < -0.39 is 0 Å². The summed E-state index contributed by atoms with van der Waals surface area (Å²) in [5.74, 6) is 0. The molecular formula is C15H28N2OS. The van der Waals surface area contributed by atoms with Crippen LogP contribution in [0.4, 0.5) is 0 Å². The Morgan fingerprint density at radius 1 is 1.26 bits per heavy atom. The van der Waals surface area contributed by atoms with Crippen molar-refractivity contribution in [2.45, 2.75) is 52.9 Å². The van der Waals surface area contributed by atoms with Gasteiger partial charge in [0.15, 0.2) is 0 Å². The van der Waals surface area contributed by atoms with Gasteiger partial charge in [-0.1, -0.05) is 20.8 Å². The van der Waals surface area contributed by atoms with Gasteiger partial charge >= 0.3 is 0 Å². The molecule has 1 rings (SSSR count). The Labute approximate surface area is 122 Å². The Bertz CT molecular complexity index is 352. The fraction of sp³-hybridized carbons (Fsp3) is 0.733. The number of thiophene rings is 1. The van der Waals surface area contributed by atoms with Crippen molar-refractivity contribution in [2.75, 3.05) is 20.3 Å². The summed E-state index contributed by atoms with van der Waals surface area (Å²) in [5, 5.41) is 3.46. The minimum absolute atomic E-state index is 0.467. The van der Waals surface area contributed by atoms with Gasteiger partial charge < -0.3 is 10.1 Å². The number of likely N-dealkylation sites (N-methyl/N-ethyl adjacent to an activating group) is 1. The van der Waals surface area contributed by atoms with Crippen LogP contribution in [-0.2, 0) is 17.8 Å². The smallest absolute Gasteiger partial charge is 0.0615 e. The maximum atomic E-state index is 5.25. The van der Waals surface area contributed by atoms with E-state index in [0.717, 1.165) is 26.2 Å². The second kappa shape index (κ2) is 8.69. The summed E-state index contributed by atoms with van der Waals surface area (Å²) in [4.78, 5) is 5.30. The van der Waals surface area contributed by atoms with Crippen molar-refractivity contribution in [2.24, 2.45) is 0 Å². The van der Waals surface area contributed by atoms with Gasteiger partial charge in [0.2, 0.25) is 0 Å². The van der Waals surface area contributed by atoms with Gasteiger partial charge in [-0.3, -0.25) is 4.90 Å². The number of nitrogens with zero attached hydrogens (tertiary/aromatic N) is 1. The molecule has 0 aromatic carbocycles. The van der Waals surface area contributed by atoms with E-state index in [1.807, 2.05) is 11.3 Å². The first-order valence-corrected chi connectivity index (χ1v) is 7.92. The van der Waals surface area contributed by atoms with Crippen LogP contribution in [0.25, 0.3) is 0 Å². The average molecular weight is 284 g/mol. The van der Waals surface area contributed by atoms with Crippen molar-refractivity contribution < 1.29 is 4.74 Å². The molecule has 0 aliphatic carbocycles. The number of ether oxygens (including phenoxy) is 1. The number of nitrogens with one attached hydrogen (secondary N) is 1. The lowest BCUT2D eigenvalue weighted by molar-refractivity contribution is 0.0988. The Morgan fingerprint density at radius 3 is 2.53 bits per heavy atom. The van der Waals surface area contributed by atoms with Gasteiger partial charge in [0, 0.05) is 42.0 Å². The first-order valence-electron chi connectivity index (χ1n) is 7.10. The molecule has 1 aromatic rings. The van der Waals surface area contributed by atoms with E-state index in [4.69, 9.17) is 4.74 Å². The van der Waals surface area contributed by atoms with Crippen molar-refractivity contribution in [3.63, 3.8) is 0 Å². The Kier molecular flexibility index (Phi) is 7.61. The molecule has 0 saturated heterocycles. The molecule has 0 radical (unpaired) electrons. The summed E-state index contributed by atoms with van der Waals surface area (Å²) in [6.45, 7) is 12.6. The lowest BCUT2D eigenvalue weighted by Crippen LogP contribution is -2.35. The van der Waals surface area contributed by atoms with E-state index in [0.29, 0.717) is 12.1 Å². The minimum atomic E-state index is 0.467. The van der Waals surface area contributed by atoms with E-state index in [1.54, 1.807) is 7.11 Å². The molecular weight excluding hydrogens is 256 g/mol. The van der Waals surface area contributed by atoms with Gasteiger partial charge in [-0.2, -0.15) is 0 Å². The summed E-state index contributed by atoms with van der Waals surface area (Å²) in [6.07, 6.45) is 0. The molecule has 0 fully saturated rings. The van der Waals surface area contributed by atoms with E-state index in [-0.39, 0.29) is 0 Å². The number of hydrogen-bond donors (Lipinski definition) is 1. The van der Waals surface area contributed by atoms with Crippen molar-refractivity contribution in [3.8, 4) is 0 Å². The molecule has 0 aliphatic heterocycles. The average Bonchev–Trinajstić information content (AvgIpc) is 2.81. The van der Waals surface area contributed by atoms with Crippen molar-refractivity contribution in [1.82, 2.24) is 10.2 Å². The molecule has 4 heteroatoms. The highest BCUT2D eigenvalue weighted by Gasteiger charge is 2.13. The fourth-order valence-electron chi connectivity index (χ4n) is 2.03. The maximum absolute atomic E-state index is 5.25. The van der Waals surface area contributed by atoms with Crippen LogP contribution in [-0.4, -0.2) is 37.2 Å². The Morgan fingerprint density at radius 2 is 1.95 bits per heavy atom. The van der Waals surface area contributed by atoms with E-state index in [9.17, 15) is 0 Å². The van der Waals surface area contributed by atoms with Gasteiger partial charge in [-0.05, 0) is 25.6 Å². The summed E-state index contributed by atoms with van der Waals surface area (Å²) in [7, 11) is 1.77. The molecule has 19 heavy (non-hydrogen) atoms. The van der Waals surface area contributed by atoms with E-state index in [2.05, 4.69) is 50.0 Å². The molecule has 1 heterocycles. The summed E-state index contributed by atoms with van der Waals surface area (Å²) in [6, 6.07) is 5.50. The topological polar surface area (TPSA) is 24.5 Å². The van der Waals surface area contributed by atoms with Crippen molar-refractivity contribution in [1.29, 1.82) is 0 Å².